The molecule has 34 heavy (non-hydrogen) atoms. The second-order valence-electron chi connectivity index (χ2n) is 8.32. The number of hydrogen-bond acceptors (Lipinski definition) is 8. The largest absolute Gasteiger partial charge is 0.433 e. The summed E-state index contributed by atoms with van der Waals surface area (Å²) in [5.74, 6) is 0.884. The molecule has 10 nitrogen and oxygen atoms in total. The number of hydrogen-bond donors (Lipinski definition) is 2. The molecule has 0 unspecified atom stereocenters. The summed E-state index contributed by atoms with van der Waals surface area (Å²) in [6, 6.07) is 2.34. The van der Waals surface area contributed by atoms with Crippen LogP contribution in [0.3, 0.4) is 0 Å². The van der Waals surface area contributed by atoms with Gasteiger partial charge in [0.2, 0.25) is 5.95 Å². The SMILES string of the molecule is Cc1nc(NCc2cnn(Cc3ccc(C(F)(F)F)nc3)c2)nc2c1NC(=O)C1(COC1)N2C. The van der Waals surface area contributed by atoms with Crippen molar-refractivity contribution in [3.63, 3.8) is 0 Å². The third kappa shape index (κ3) is 3.81. The second-order valence-corrected chi connectivity index (χ2v) is 8.32. The van der Waals surface area contributed by atoms with Gasteiger partial charge in [-0.25, -0.2) is 4.98 Å². The number of rotatable bonds is 5. The third-order valence-corrected chi connectivity index (χ3v) is 5.97. The smallest absolute Gasteiger partial charge is 0.375 e. The minimum atomic E-state index is -4.47. The summed E-state index contributed by atoms with van der Waals surface area (Å²) in [6.45, 7) is 3.07. The predicted octanol–water partition coefficient (Wildman–Crippen LogP) is 2.21. The Morgan fingerprint density at radius 2 is 2.00 bits per heavy atom. The van der Waals surface area contributed by atoms with Crippen molar-refractivity contribution >= 4 is 23.4 Å². The van der Waals surface area contributed by atoms with Crippen LogP contribution in [0.15, 0.2) is 30.7 Å². The number of anilines is 3. The van der Waals surface area contributed by atoms with Gasteiger partial charge < -0.3 is 20.3 Å². The molecule has 0 atom stereocenters. The van der Waals surface area contributed by atoms with Crippen LogP contribution in [0.5, 0.6) is 0 Å². The van der Waals surface area contributed by atoms with Crippen LogP contribution < -0.4 is 15.5 Å². The molecule has 5 heterocycles. The summed E-state index contributed by atoms with van der Waals surface area (Å²) in [4.78, 5) is 26.9. The lowest BCUT2D eigenvalue weighted by molar-refractivity contribution is -0.141. The van der Waals surface area contributed by atoms with Gasteiger partial charge in [0.15, 0.2) is 11.4 Å². The van der Waals surface area contributed by atoms with Crippen molar-refractivity contribution in [3.8, 4) is 0 Å². The van der Waals surface area contributed by atoms with E-state index in [1.807, 2.05) is 11.9 Å². The maximum absolute atomic E-state index is 12.7. The molecule has 0 aliphatic carbocycles. The monoisotopic (exact) mass is 474 g/mol. The lowest BCUT2D eigenvalue weighted by atomic mass is 9.91. The Kier molecular flexibility index (Phi) is 5.15. The van der Waals surface area contributed by atoms with E-state index < -0.39 is 17.4 Å². The van der Waals surface area contributed by atoms with E-state index in [0.29, 0.717) is 48.5 Å². The molecule has 2 aliphatic heterocycles. The van der Waals surface area contributed by atoms with Crippen molar-refractivity contribution < 1.29 is 22.7 Å². The van der Waals surface area contributed by atoms with Crippen LogP contribution in [0.2, 0.25) is 0 Å². The summed E-state index contributed by atoms with van der Waals surface area (Å²) in [5, 5.41) is 10.3. The number of alkyl halides is 3. The highest BCUT2D eigenvalue weighted by Crippen LogP contribution is 2.39. The number of nitrogens with zero attached hydrogens (tertiary/aromatic N) is 6. The van der Waals surface area contributed by atoms with Gasteiger partial charge in [0.1, 0.15) is 11.4 Å². The fourth-order valence-corrected chi connectivity index (χ4v) is 3.87. The van der Waals surface area contributed by atoms with Gasteiger partial charge in [-0.1, -0.05) is 6.07 Å². The van der Waals surface area contributed by atoms with E-state index in [4.69, 9.17) is 4.74 Å². The van der Waals surface area contributed by atoms with Crippen LogP contribution in [0.4, 0.5) is 30.6 Å². The molecule has 1 fully saturated rings. The standard InChI is InChI=1S/C21H21F3N8O2/c1-12-16-17(31(2)20(10-34-11-20)18(33)29-16)30-19(28-12)26-6-14-7-27-32(9-14)8-13-3-4-15(25-5-13)21(22,23)24/h3-5,7,9H,6,8,10-11H2,1-2H3,(H,29,33)(H,26,28,30). The molecule has 0 bridgehead atoms. The number of carbonyl (C=O) groups excluding carboxylic acids is 1. The van der Waals surface area contributed by atoms with Crippen molar-refractivity contribution in [2.45, 2.75) is 31.7 Å². The number of carbonyl (C=O) groups is 1. The Balaban J connectivity index is 1.26. The number of ether oxygens (including phenoxy) is 1. The summed E-state index contributed by atoms with van der Waals surface area (Å²) < 4.78 is 44.9. The van der Waals surface area contributed by atoms with Crippen molar-refractivity contribution in [3.05, 3.63) is 53.2 Å². The van der Waals surface area contributed by atoms with E-state index >= 15 is 0 Å². The van der Waals surface area contributed by atoms with Crippen LogP contribution in [-0.4, -0.2) is 56.4 Å². The van der Waals surface area contributed by atoms with Crippen molar-refractivity contribution in [1.29, 1.82) is 0 Å². The predicted molar refractivity (Wildman–Crippen MR) is 115 cm³/mol. The van der Waals surface area contributed by atoms with Gasteiger partial charge >= 0.3 is 6.18 Å². The minimum absolute atomic E-state index is 0.128. The first-order valence-corrected chi connectivity index (χ1v) is 10.4. The fourth-order valence-electron chi connectivity index (χ4n) is 3.87. The highest BCUT2D eigenvalue weighted by Gasteiger charge is 2.53. The second kappa shape index (κ2) is 7.94. The number of aryl methyl sites for hydroxylation is 1. The average Bonchev–Trinajstić information content (AvgIpc) is 3.19. The van der Waals surface area contributed by atoms with Gasteiger partial charge in [-0.05, 0) is 18.6 Å². The molecule has 0 radical (unpaired) electrons. The normalized spacial score (nSPS) is 16.7. The molecule has 1 saturated heterocycles. The molecule has 3 aromatic rings. The first-order chi connectivity index (χ1) is 16.2. The lowest BCUT2D eigenvalue weighted by Crippen LogP contribution is -2.70. The van der Waals surface area contributed by atoms with E-state index in [-0.39, 0.29) is 12.5 Å². The zero-order valence-corrected chi connectivity index (χ0v) is 18.3. The Morgan fingerprint density at radius 1 is 1.21 bits per heavy atom. The van der Waals surface area contributed by atoms with E-state index in [1.165, 1.54) is 12.3 Å². The Hall–Kier alpha value is -3.74. The van der Waals surface area contributed by atoms with E-state index in [0.717, 1.165) is 11.6 Å². The van der Waals surface area contributed by atoms with Gasteiger partial charge in [0.05, 0.1) is 31.6 Å². The van der Waals surface area contributed by atoms with Gasteiger partial charge in [-0.15, -0.1) is 0 Å². The van der Waals surface area contributed by atoms with Gasteiger partial charge in [0.25, 0.3) is 5.91 Å². The number of fused-ring (bicyclic) bond motifs is 1. The molecule has 1 spiro atoms. The maximum Gasteiger partial charge on any atom is 0.433 e. The van der Waals surface area contributed by atoms with Gasteiger partial charge in [0, 0.05) is 31.5 Å². The molecule has 1 amide bonds. The summed E-state index contributed by atoms with van der Waals surface area (Å²) >= 11 is 0. The van der Waals surface area contributed by atoms with Crippen LogP contribution >= 0.6 is 0 Å². The van der Waals surface area contributed by atoms with Crippen molar-refractivity contribution in [1.82, 2.24) is 24.7 Å². The fraction of sp³-hybridized carbons (Fsp3) is 0.381. The third-order valence-electron chi connectivity index (χ3n) is 5.97. The highest BCUT2D eigenvalue weighted by atomic mass is 19.4. The summed E-state index contributed by atoms with van der Waals surface area (Å²) in [7, 11) is 1.82. The van der Waals surface area contributed by atoms with Crippen LogP contribution in [0, 0.1) is 6.92 Å². The molecular formula is C21H21F3N8O2. The molecule has 2 N–H and O–H groups in total. The molecule has 13 heteroatoms. The van der Waals surface area contributed by atoms with Crippen LogP contribution in [0.25, 0.3) is 0 Å². The molecule has 5 rings (SSSR count). The first kappa shape index (κ1) is 22.1. The number of likely N-dealkylation sites (N-methyl/N-ethyl adjacent to an activating group) is 1. The molecule has 0 aromatic carbocycles. The lowest BCUT2D eigenvalue weighted by Gasteiger charge is -2.49. The quantitative estimate of drug-likeness (QED) is 0.579. The molecule has 3 aromatic heterocycles. The zero-order chi connectivity index (χ0) is 24.1. The number of pyridine rings is 1. The average molecular weight is 474 g/mol. The number of halogens is 3. The van der Waals surface area contributed by atoms with Crippen molar-refractivity contribution in [2.24, 2.45) is 0 Å². The van der Waals surface area contributed by atoms with Gasteiger partial charge in [-0.2, -0.15) is 23.3 Å². The summed E-state index contributed by atoms with van der Waals surface area (Å²) in [6.07, 6.45) is 0.167. The van der Waals surface area contributed by atoms with E-state index in [9.17, 15) is 18.0 Å². The van der Waals surface area contributed by atoms with E-state index in [1.54, 1.807) is 24.0 Å². The maximum atomic E-state index is 12.7. The Bertz CT molecular complexity index is 1240. The van der Waals surface area contributed by atoms with Crippen LogP contribution in [-0.2, 0) is 28.8 Å². The van der Waals surface area contributed by atoms with Gasteiger partial charge in [-0.3, -0.25) is 14.5 Å². The molecule has 178 valence electrons. The number of aromatic nitrogens is 5. The van der Waals surface area contributed by atoms with Crippen molar-refractivity contribution in [2.75, 3.05) is 35.8 Å². The first-order valence-electron chi connectivity index (χ1n) is 10.4. The summed E-state index contributed by atoms with van der Waals surface area (Å²) in [5.41, 5.74) is 0.969. The minimum Gasteiger partial charge on any atom is -0.375 e. The Labute approximate surface area is 192 Å². The van der Waals surface area contributed by atoms with E-state index in [2.05, 4.69) is 30.7 Å². The number of nitrogens with one attached hydrogen (secondary N) is 2. The highest BCUT2D eigenvalue weighted by molar-refractivity contribution is 6.07. The number of amides is 1. The Morgan fingerprint density at radius 3 is 2.65 bits per heavy atom. The molecule has 2 aliphatic rings. The topological polar surface area (TPSA) is 110 Å². The molecule has 0 saturated carbocycles. The molecular weight excluding hydrogens is 453 g/mol. The van der Waals surface area contributed by atoms with Crippen LogP contribution in [0.1, 0.15) is 22.5 Å². The zero-order valence-electron chi connectivity index (χ0n) is 18.3.